The molecule has 0 fully saturated rings. The van der Waals surface area contributed by atoms with E-state index in [-0.39, 0.29) is 5.69 Å². The van der Waals surface area contributed by atoms with Crippen molar-refractivity contribution in [2.45, 2.75) is 0 Å². The quantitative estimate of drug-likeness (QED) is 0.775. The fourth-order valence-corrected chi connectivity index (χ4v) is 1.69. The van der Waals surface area contributed by atoms with Crippen molar-refractivity contribution < 1.29 is 9.90 Å². The third-order valence-electron chi connectivity index (χ3n) is 2.40. The molecule has 15 heavy (non-hydrogen) atoms. The van der Waals surface area contributed by atoms with E-state index in [1.807, 2.05) is 0 Å². The highest BCUT2D eigenvalue weighted by Crippen LogP contribution is 2.23. The second kappa shape index (κ2) is 3.27. The molecule has 0 unspecified atom stereocenters. The second-order valence-corrected chi connectivity index (χ2v) is 3.24. The van der Waals surface area contributed by atoms with Crippen LogP contribution in [0.25, 0.3) is 10.9 Å². The molecule has 78 valence electrons. The van der Waals surface area contributed by atoms with Gasteiger partial charge in [0.1, 0.15) is 11.5 Å². The Morgan fingerprint density at radius 2 is 2.33 bits per heavy atom. The third-order valence-corrected chi connectivity index (χ3v) is 2.40. The maximum Gasteiger partial charge on any atom is 0.352 e. The lowest BCUT2D eigenvalue weighted by Crippen LogP contribution is -2.05. The fourth-order valence-electron chi connectivity index (χ4n) is 1.69. The Kier molecular flexibility index (Phi) is 2.07. The van der Waals surface area contributed by atoms with E-state index in [1.54, 1.807) is 37.0 Å². The summed E-state index contributed by atoms with van der Waals surface area (Å²) in [6, 6.07) is 3.43. The molecule has 0 bridgehead atoms. The number of nitrogens with one attached hydrogen (secondary N) is 1. The van der Waals surface area contributed by atoms with E-state index in [2.05, 4.69) is 10.3 Å². The van der Waals surface area contributed by atoms with E-state index >= 15 is 0 Å². The number of hydrogen-bond acceptors (Lipinski definition) is 3. The average molecular weight is 205 g/mol. The zero-order chi connectivity index (χ0) is 11.0. The van der Waals surface area contributed by atoms with Gasteiger partial charge in [0.15, 0.2) is 0 Å². The first-order valence-corrected chi connectivity index (χ1v) is 4.50. The summed E-state index contributed by atoms with van der Waals surface area (Å²) in [7, 11) is 3.48. The molecule has 5 heteroatoms. The number of nitrogens with zero attached hydrogens (tertiary/aromatic N) is 2. The molecule has 0 aliphatic carbocycles. The number of carbonyl (C=O) groups is 1. The van der Waals surface area contributed by atoms with Gasteiger partial charge in [-0.3, -0.25) is 0 Å². The highest BCUT2D eigenvalue weighted by atomic mass is 16.4. The first-order chi connectivity index (χ1) is 7.15. The fraction of sp³-hybridized carbons (Fsp3) is 0.200. The van der Waals surface area contributed by atoms with Gasteiger partial charge in [-0.2, -0.15) is 0 Å². The zero-order valence-corrected chi connectivity index (χ0v) is 8.48. The molecule has 2 N–H and O–H groups in total. The van der Waals surface area contributed by atoms with Crippen LogP contribution in [0.4, 0.5) is 5.82 Å². The third kappa shape index (κ3) is 1.32. The van der Waals surface area contributed by atoms with Crippen LogP contribution < -0.4 is 5.32 Å². The molecule has 2 heterocycles. The van der Waals surface area contributed by atoms with Gasteiger partial charge in [-0.15, -0.1) is 0 Å². The number of fused-ring (bicyclic) bond motifs is 1. The molecule has 0 saturated heterocycles. The molecular formula is C10H11N3O2. The molecule has 0 amide bonds. The van der Waals surface area contributed by atoms with Gasteiger partial charge in [-0.05, 0) is 12.1 Å². The normalized spacial score (nSPS) is 10.5. The van der Waals surface area contributed by atoms with Crippen LogP contribution in [0.3, 0.4) is 0 Å². The van der Waals surface area contributed by atoms with Crippen LogP contribution in [0, 0.1) is 0 Å². The number of aromatic carboxylic acids is 1. The summed E-state index contributed by atoms with van der Waals surface area (Å²) in [4.78, 5) is 15.1. The van der Waals surface area contributed by atoms with Gasteiger partial charge in [0.2, 0.25) is 0 Å². The molecule has 0 radical (unpaired) electrons. The Bertz CT molecular complexity index is 531. The number of carboxylic acids is 1. The summed E-state index contributed by atoms with van der Waals surface area (Å²) in [5.74, 6) is -0.252. The van der Waals surface area contributed by atoms with Crippen LogP contribution in [0.5, 0.6) is 0 Å². The van der Waals surface area contributed by atoms with Gasteiger partial charge >= 0.3 is 5.97 Å². The molecule has 0 aliphatic rings. The first-order valence-electron chi connectivity index (χ1n) is 4.50. The van der Waals surface area contributed by atoms with Crippen LogP contribution in [0.1, 0.15) is 10.5 Å². The van der Waals surface area contributed by atoms with Crippen molar-refractivity contribution in [3.8, 4) is 0 Å². The number of hydrogen-bond donors (Lipinski definition) is 2. The number of carboxylic acid groups (broad SMARTS) is 1. The zero-order valence-electron chi connectivity index (χ0n) is 8.48. The smallest absolute Gasteiger partial charge is 0.352 e. The number of pyridine rings is 1. The van der Waals surface area contributed by atoms with Crippen LogP contribution >= 0.6 is 0 Å². The number of anilines is 1. The van der Waals surface area contributed by atoms with Crippen LogP contribution in [0.15, 0.2) is 18.3 Å². The SMILES string of the molecule is CNc1nccc2cc(C(=O)O)n(C)c12. The minimum atomic E-state index is -0.934. The van der Waals surface area contributed by atoms with Crippen molar-refractivity contribution in [1.29, 1.82) is 0 Å². The first kappa shape index (κ1) is 9.51. The van der Waals surface area contributed by atoms with Crippen molar-refractivity contribution in [3.05, 3.63) is 24.0 Å². The maximum absolute atomic E-state index is 10.9. The predicted molar refractivity (Wildman–Crippen MR) is 57.2 cm³/mol. The van der Waals surface area contributed by atoms with E-state index in [4.69, 9.17) is 5.11 Å². The molecule has 0 atom stereocenters. The standard InChI is InChI=1S/C10H11N3O2/c1-11-9-8-6(3-4-12-9)5-7(10(14)15)13(8)2/h3-5H,1-2H3,(H,11,12)(H,14,15). The lowest BCUT2D eigenvalue weighted by atomic mass is 10.3. The van der Waals surface area contributed by atoms with Crippen molar-refractivity contribution >= 4 is 22.7 Å². The largest absolute Gasteiger partial charge is 0.477 e. The molecule has 0 spiro atoms. The van der Waals surface area contributed by atoms with Crippen molar-refractivity contribution in [2.24, 2.45) is 7.05 Å². The Morgan fingerprint density at radius 1 is 1.60 bits per heavy atom. The lowest BCUT2D eigenvalue weighted by molar-refractivity contribution is 0.0687. The summed E-state index contributed by atoms with van der Waals surface area (Å²) >= 11 is 0. The number of aromatic nitrogens is 2. The number of aryl methyl sites for hydroxylation is 1. The van der Waals surface area contributed by atoms with E-state index < -0.39 is 5.97 Å². The van der Waals surface area contributed by atoms with Gasteiger partial charge in [0.05, 0.1) is 5.52 Å². The van der Waals surface area contributed by atoms with Gasteiger partial charge in [-0.1, -0.05) is 0 Å². The number of rotatable bonds is 2. The van der Waals surface area contributed by atoms with Gasteiger partial charge in [0.25, 0.3) is 0 Å². The van der Waals surface area contributed by atoms with Crippen molar-refractivity contribution in [2.75, 3.05) is 12.4 Å². The van der Waals surface area contributed by atoms with Gasteiger partial charge in [0, 0.05) is 25.7 Å². The minimum Gasteiger partial charge on any atom is -0.477 e. The predicted octanol–water partition coefficient (Wildman–Crippen LogP) is 1.31. The van der Waals surface area contributed by atoms with Crippen molar-refractivity contribution in [3.63, 3.8) is 0 Å². The van der Waals surface area contributed by atoms with Crippen LogP contribution in [-0.4, -0.2) is 27.7 Å². The topological polar surface area (TPSA) is 67.2 Å². The van der Waals surface area contributed by atoms with Crippen LogP contribution in [0.2, 0.25) is 0 Å². The average Bonchev–Trinajstić information content (AvgIpc) is 2.56. The maximum atomic E-state index is 10.9. The monoisotopic (exact) mass is 205 g/mol. The highest BCUT2D eigenvalue weighted by molar-refractivity contribution is 5.98. The second-order valence-electron chi connectivity index (χ2n) is 3.24. The van der Waals surface area contributed by atoms with E-state index in [9.17, 15) is 4.79 Å². The molecule has 0 aliphatic heterocycles. The Labute approximate surface area is 86.4 Å². The van der Waals surface area contributed by atoms with Gasteiger partial charge in [-0.25, -0.2) is 9.78 Å². The highest BCUT2D eigenvalue weighted by Gasteiger charge is 2.14. The van der Waals surface area contributed by atoms with E-state index in [0.717, 1.165) is 10.9 Å². The molecular weight excluding hydrogens is 194 g/mol. The summed E-state index contributed by atoms with van der Waals surface area (Å²) < 4.78 is 1.62. The molecule has 2 aromatic rings. The summed E-state index contributed by atoms with van der Waals surface area (Å²) in [6.07, 6.45) is 1.65. The van der Waals surface area contributed by atoms with Crippen LogP contribution in [-0.2, 0) is 7.05 Å². The van der Waals surface area contributed by atoms with Gasteiger partial charge < -0.3 is 15.0 Å². The molecule has 2 rings (SSSR count). The summed E-state index contributed by atoms with van der Waals surface area (Å²) in [5, 5.41) is 12.8. The summed E-state index contributed by atoms with van der Waals surface area (Å²) in [5.41, 5.74) is 1.06. The van der Waals surface area contributed by atoms with Crippen molar-refractivity contribution in [1.82, 2.24) is 9.55 Å². The van der Waals surface area contributed by atoms with E-state index in [0.29, 0.717) is 5.82 Å². The van der Waals surface area contributed by atoms with E-state index in [1.165, 1.54) is 0 Å². The lowest BCUT2D eigenvalue weighted by Gasteiger charge is -2.04. The molecule has 0 saturated carbocycles. The summed E-state index contributed by atoms with van der Waals surface area (Å²) in [6.45, 7) is 0. The molecule has 0 aromatic carbocycles. The minimum absolute atomic E-state index is 0.259. The molecule has 2 aromatic heterocycles. The Morgan fingerprint density at radius 3 is 2.93 bits per heavy atom. The Hall–Kier alpha value is -2.04. The Balaban J connectivity index is 2.82. The molecule has 5 nitrogen and oxygen atoms in total.